The number of rotatable bonds is 2. The molecule has 0 atom stereocenters. The first kappa shape index (κ1) is 17.0. The summed E-state index contributed by atoms with van der Waals surface area (Å²) in [6.07, 6.45) is 0.235. The van der Waals surface area contributed by atoms with Crippen LogP contribution < -0.4 is 0 Å². The van der Waals surface area contributed by atoms with Gasteiger partial charge in [-0.2, -0.15) is 0 Å². The van der Waals surface area contributed by atoms with E-state index in [-0.39, 0.29) is 29.4 Å². The molecule has 0 aromatic heterocycles. The Balaban J connectivity index is 2.71. The lowest BCUT2D eigenvalue weighted by Crippen LogP contribution is -2.02. The summed E-state index contributed by atoms with van der Waals surface area (Å²) >= 11 is 0. The van der Waals surface area contributed by atoms with E-state index < -0.39 is 0 Å². The van der Waals surface area contributed by atoms with E-state index in [2.05, 4.69) is 0 Å². The lowest BCUT2D eigenvalue weighted by Gasteiger charge is -2.19. The minimum Gasteiger partial charge on any atom is -0.507 e. The molecule has 0 aliphatic carbocycles. The number of phenols is 4. The van der Waals surface area contributed by atoms with E-state index in [1.165, 1.54) is 0 Å². The Bertz CT molecular complexity index is 678. The van der Waals surface area contributed by atoms with Gasteiger partial charge in [-0.1, -0.05) is 0 Å². The minimum atomic E-state index is 0.120. The Morgan fingerprint density at radius 3 is 1.00 bits per heavy atom. The van der Waals surface area contributed by atoms with Crippen molar-refractivity contribution in [3.8, 4) is 23.0 Å². The van der Waals surface area contributed by atoms with Gasteiger partial charge in [-0.3, -0.25) is 0 Å². The van der Waals surface area contributed by atoms with E-state index in [4.69, 9.17) is 0 Å². The second-order valence-electron chi connectivity index (χ2n) is 6.28. The first-order valence-corrected chi connectivity index (χ1v) is 7.60. The number of aromatic hydroxyl groups is 4. The van der Waals surface area contributed by atoms with Crippen molar-refractivity contribution in [3.63, 3.8) is 0 Å². The fourth-order valence-corrected chi connectivity index (χ4v) is 2.98. The third-order valence-corrected chi connectivity index (χ3v) is 5.09. The third kappa shape index (κ3) is 2.48. The topological polar surface area (TPSA) is 80.9 Å². The molecular formula is C19H24O4. The molecule has 2 rings (SSSR count). The quantitative estimate of drug-likeness (QED) is 0.632. The minimum absolute atomic E-state index is 0.120. The SMILES string of the molecule is Cc1c(C)c(O)c(Cc2c(C)c(O)c(C)c(C)c2O)c(C)c1O. The van der Waals surface area contributed by atoms with E-state index in [9.17, 15) is 20.4 Å². The van der Waals surface area contributed by atoms with Crippen LogP contribution in [0.3, 0.4) is 0 Å². The van der Waals surface area contributed by atoms with Gasteiger partial charge in [0, 0.05) is 17.5 Å². The average Bonchev–Trinajstić information content (AvgIpc) is 2.54. The zero-order chi connectivity index (χ0) is 17.6. The van der Waals surface area contributed by atoms with E-state index in [0.29, 0.717) is 44.5 Å². The molecule has 0 spiro atoms. The molecule has 2 aromatic rings. The van der Waals surface area contributed by atoms with Crippen LogP contribution in [-0.4, -0.2) is 20.4 Å². The van der Waals surface area contributed by atoms with Gasteiger partial charge in [-0.25, -0.2) is 0 Å². The molecule has 0 amide bonds. The molecule has 0 unspecified atom stereocenters. The standard InChI is InChI=1S/C19H24O4/c1-8-10(3)18(22)14(12(5)16(8)20)7-15-13(6)17(21)9(2)11(4)19(15)23/h20-23H,7H2,1-6H3. The molecule has 0 saturated heterocycles. The van der Waals surface area contributed by atoms with Crippen LogP contribution in [-0.2, 0) is 6.42 Å². The van der Waals surface area contributed by atoms with Crippen molar-refractivity contribution < 1.29 is 20.4 Å². The number of hydrogen-bond acceptors (Lipinski definition) is 4. The average molecular weight is 316 g/mol. The first-order chi connectivity index (χ1) is 10.6. The molecule has 124 valence electrons. The fraction of sp³-hybridized carbons (Fsp3) is 0.368. The number of phenolic OH excluding ortho intramolecular Hbond substituents is 4. The van der Waals surface area contributed by atoms with Gasteiger partial charge in [0.25, 0.3) is 0 Å². The maximum atomic E-state index is 10.5. The van der Waals surface area contributed by atoms with Crippen LogP contribution in [0.4, 0.5) is 0 Å². The van der Waals surface area contributed by atoms with E-state index >= 15 is 0 Å². The summed E-state index contributed by atoms with van der Waals surface area (Å²) in [4.78, 5) is 0. The highest BCUT2D eigenvalue weighted by Crippen LogP contribution is 2.42. The number of hydrogen-bond donors (Lipinski definition) is 4. The first-order valence-electron chi connectivity index (χ1n) is 7.60. The molecule has 4 N–H and O–H groups in total. The van der Waals surface area contributed by atoms with Crippen LogP contribution in [0.2, 0.25) is 0 Å². The van der Waals surface area contributed by atoms with Gasteiger partial charge in [-0.05, 0) is 74.9 Å². The van der Waals surface area contributed by atoms with Crippen molar-refractivity contribution in [1.29, 1.82) is 0 Å². The molecule has 0 heterocycles. The largest absolute Gasteiger partial charge is 0.507 e. The third-order valence-electron chi connectivity index (χ3n) is 5.09. The van der Waals surface area contributed by atoms with Crippen LogP contribution in [0.1, 0.15) is 44.5 Å². The van der Waals surface area contributed by atoms with E-state index in [1.807, 2.05) is 0 Å². The maximum Gasteiger partial charge on any atom is 0.122 e. The Labute approximate surface area is 136 Å². The molecular weight excluding hydrogens is 292 g/mol. The van der Waals surface area contributed by atoms with Crippen LogP contribution in [0, 0.1) is 41.5 Å². The molecule has 0 aliphatic heterocycles. The molecule has 23 heavy (non-hydrogen) atoms. The second kappa shape index (κ2) is 5.69. The van der Waals surface area contributed by atoms with Crippen molar-refractivity contribution >= 4 is 0 Å². The zero-order valence-electron chi connectivity index (χ0n) is 14.5. The van der Waals surface area contributed by atoms with Crippen molar-refractivity contribution in [2.24, 2.45) is 0 Å². The normalized spacial score (nSPS) is 11.0. The molecule has 2 aromatic carbocycles. The summed E-state index contributed by atoms with van der Waals surface area (Å²) < 4.78 is 0. The summed E-state index contributed by atoms with van der Waals surface area (Å²) in [5, 5.41) is 41.4. The highest BCUT2D eigenvalue weighted by molar-refractivity contribution is 5.62. The predicted molar refractivity (Wildman–Crippen MR) is 90.8 cm³/mol. The van der Waals surface area contributed by atoms with Crippen molar-refractivity contribution in [2.75, 3.05) is 0 Å². The van der Waals surface area contributed by atoms with E-state index in [1.54, 1.807) is 41.5 Å². The van der Waals surface area contributed by atoms with Gasteiger partial charge in [-0.15, -0.1) is 0 Å². The Morgan fingerprint density at radius 2 is 0.696 bits per heavy atom. The Morgan fingerprint density at radius 1 is 0.435 bits per heavy atom. The van der Waals surface area contributed by atoms with Crippen LogP contribution in [0.25, 0.3) is 0 Å². The molecule has 4 nitrogen and oxygen atoms in total. The van der Waals surface area contributed by atoms with Crippen LogP contribution in [0.15, 0.2) is 0 Å². The summed E-state index contributed by atoms with van der Waals surface area (Å²) in [7, 11) is 0. The predicted octanol–water partition coefficient (Wildman–Crippen LogP) is 3.95. The maximum absolute atomic E-state index is 10.5. The zero-order valence-corrected chi connectivity index (χ0v) is 14.5. The second-order valence-corrected chi connectivity index (χ2v) is 6.28. The molecule has 0 radical (unpaired) electrons. The lowest BCUT2D eigenvalue weighted by atomic mass is 9.89. The van der Waals surface area contributed by atoms with Gasteiger partial charge < -0.3 is 20.4 Å². The van der Waals surface area contributed by atoms with Gasteiger partial charge in [0.2, 0.25) is 0 Å². The van der Waals surface area contributed by atoms with Gasteiger partial charge in [0.05, 0.1) is 0 Å². The number of benzene rings is 2. The lowest BCUT2D eigenvalue weighted by molar-refractivity contribution is 0.438. The van der Waals surface area contributed by atoms with Gasteiger partial charge in [0.1, 0.15) is 23.0 Å². The van der Waals surface area contributed by atoms with Gasteiger partial charge >= 0.3 is 0 Å². The highest BCUT2D eigenvalue weighted by Gasteiger charge is 2.21. The van der Waals surface area contributed by atoms with Crippen LogP contribution in [0.5, 0.6) is 23.0 Å². The summed E-state index contributed by atoms with van der Waals surface area (Å²) in [6, 6.07) is 0. The molecule has 4 heteroatoms. The Kier molecular flexibility index (Phi) is 4.20. The molecule has 0 bridgehead atoms. The summed E-state index contributed by atoms with van der Waals surface area (Å²) in [5.41, 5.74) is 4.82. The van der Waals surface area contributed by atoms with Crippen molar-refractivity contribution in [3.05, 3.63) is 44.5 Å². The van der Waals surface area contributed by atoms with Crippen LogP contribution >= 0.6 is 0 Å². The molecule has 0 fully saturated rings. The van der Waals surface area contributed by atoms with Gasteiger partial charge in [0.15, 0.2) is 0 Å². The monoisotopic (exact) mass is 316 g/mol. The Hall–Kier alpha value is -2.36. The fourth-order valence-electron chi connectivity index (χ4n) is 2.98. The summed E-state index contributed by atoms with van der Waals surface area (Å²) in [5.74, 6) is 0.546. The molecule has 0 saturated carbocycles. The highest BCUT2D eigenvalue weighted by atomic mass is 16.3. The smallest absolute Gasteiger partial charge is 0.122 e. The molecule has 0 aliphatic rings. The van der Waals surface area contributed by atoms with E-state index in [0.717, 1.165) is 0 Å². The summed E-state index contributed by atoms with van der Waals surface area (Å²) in [6.45, 7) is 10.5. The van der Waals surface area contributed by atoms with Crippen molar-refractivity contribution in [1.82, 2.24) is 0 Å². The van der Waals surface area contributed by atoms with Crippen molar-refractivity contribution in [2.45, 2.75) is 48.0 Å².